The van der Waals surface area contributed by atoms with Gasteiger partial charge in [-0.3, -0.25) is 4.79 Å². The molecule has 0 saturated carbocycles. The Bertz CT molecular complexity index is 717. The van der Waals surface area contributed by atoms with Gasteiger partial charge in [0.15, 0.2) is 0 Å². The molecule has 0 spiro atoms. The Morgan fingerprint density at radius 1 is 1.14 bits per heavy atom. The summed E-state index contributed by atoms with van der Waals surface area (Å²) in [7, 11) is -2.89. The van der Waals surface area contributed by atoms with Crippen LogP contribution in [0.25, 0.3) is 9.75 Å². The first-order valence-corrected chi connectivity index (χ1v) is 10.2. The molecule has 1 fully saturated rings. The number of nitrogens with one attached hydrogen (secondary N) is 1. The van der Waals surface area contributed by atoms with Crippen molar-refractivity contribution in [3.05, 3.63) is 34.5 Å². The molecule has 1 N–H and O–H groups in total. The minimum atomic E-state index is -2.89. The third-order valence-electron chi connectivity index (χ3n) is 3.48. The second-order valence-corrected chi connectivity index (χ2v) is 9.38. The van der Waals surface area contributed by atoms with Crippen LogP contribution in [-0.4, -0.2) is 31.9 Å². The monoisotopic (exact) mass is 341 g/mol. The minimum absolute atomic E-state index is 0.0340. The van der Waals surface area contributed by atoms with Crippen LogP contribution in [-0.2, 0) is 9.84 Å². The second kappa shape index (κ2) is 5.90. The van der Waals surface area contributed by atoms with E-state index in [2.05, 4.69) is 5.32 Å². The van der Waals surface area contributed by atoms with Crippen LogP contribution in [0, 0.1) is 0 Å². The fraction of sp³-hybridized carbons (Fsp3) is 0.357. The largest absolute Gasteiger partial charge is 0.349 e. The molecule has 0 unspecified atom stereocenters. The molecule has 4 nitrogen and oxygen atoms in total. The standard InChI is InChI=1S/C14H15NO3S3/c16-14(15-10-5-8-21(17,18)9-6-10)13-4-3-12(20-13)11-2-1-7-19-11/h1-4,7,10H,5-6,8-9H2,(H,15,16). The number of hydrogen-bond donors (Lipinski definition) is 1. The molecule has 1 aliphatic rings. The van der Waals surface area contributed by atoms with Gasteiger partial charge in [-0.05, 0) is 36.4 Å². The topological polar surface area (TPSA) is 63.2 Å². The Balaban J connectivity index is 1.64. The number of amides is 1. The number of hydrogen-bond acceptors (Lipinski definition) is 5. The lowest BCUT2D eigenvalue weighted by Gasteiger charge is -2.22. The van der Waals surface area contributed by atoms with Crippen LogP contribution < -0.4 is 5.32 Å². The molecule has 2 aromatic heterocycles. The van der Waals surface area contributed by atoms with E-state index >= 15 is 0 Å². The summed E-state index contributed by atoms with van der Waals surface area (Å²) in [4.78, 5) is 15.1. The van der Waals surface area contributed by atoms with Crippen molar-refractivity contribution in [1.82, 2.24) is 5.32 Å². The number of sulfone groups is 1. The van der Waals surface area contributed by atoms with E-state index < -0.39 is 9.84 Å². The summed E-state index contributed by atoms with van der Waals surface area (Å²) in [5, 5.41) is 4.95. The van der Waals surface area contributed by atoms with E-state index in [-0.39, 0.29) is 23.5 Å². The molecule has 0 atom stereocenters. The van der Waals surface area contributed by atoms with Crippen LogP contribution in [0.2, 0.25) is 0 Å². The molecule has 1 amide bonds. The van der Waals surface area contributed by atoms with Crippen LogP contribution in [0.5, 0.6) is 0 Å². The maximum absolute atomic E-state index is 12.2. The molecule has 3 heterocycles. The van der Waals surface area contributed by atoms with Gasteiger partial charge in [0.05, 0.1) is 16.4 Å². The van der Waals surface area contributed by atoms with Crippen molar-refractivity contribution in [1.29, 1.82) is 0 Å². The molecule has 0 bridgehead atoms. The highest BCUT2D eigenvalue weighted by molar-refractivity contribution is 7.91. The summed E-state index contributed by atoms with van der Waals surface area (Å²) in [6.45, 7) is 0. The molecular formula is C14H15NO3S3. The SMILES string of the molecule is O=C(NC1CCS(=O)(=O)CC1)c1ccc(-c2cccs2)s1. The maximum Gasteiger partial charge on any atom is 0.261 e. The molecule has 0 aromatic carbocycles. The smallest absolute Gasteiger partial charge is 0.261 e. The highest BCUT2D eigenvalue weighted by atomic mass is 32.2. The average Bonchev–Trinajstić information content (AvgIpc) is 3.10. The number of rotatable bonds is 3. The van der Waals surface area contributed by atoms with Crippen molar-refractivity contribution < 1.29 is 13.2 Å². The highest BCUT2D eigenvalue weighted by Crippen LogP contribution is 2.31. The Hall–Kier alpha value is -1.18. The third kappa shape index (κ3) is 3.53. The van der Waals surface area contributed by atoms with E-state index in [0.29, 0.717) is 17.7 Å². The molecular weight excluding hydrogens is 326 g/mol. The van der Waals surface area contributed by atoms with Gasteiger partial charge in [-0.1, -0.05) is 6.07 Å². The Kier molecular flexibility index (Phi) is 4.14. The Labute approximate surface area is 131 Å². The zero-order valence-electron chi connectivity index (χ0n) is 11.2. The fourth-order valence-electron chi connectivity index (χ4n) is 2.30. The predicted molar refractivity (Wildman–Crippen MR) is 86.8 cm³/mol. The van der Waals surface area contributed by atoms with Gasteiger partial charge >= 0.3 is 0 Å². The van der Waals surface area contributed by atoms with Crippen LogP contribution in [0.4, 0.5) is 0 Å². The summed E-state index contributed by atoms with van der Waals surface area (Å²) < 4.78 is 22.8. The molecule has 0 aliphatic carbocycles. The fourth-order valence-corrected chi connectivity index (χ4v) is 5.54. The van der Waals surface area contributed by atoms with Gasteiger partial charge in [-0.2, -0.15) is 0 Å². The van der Waals surface area contributed by atoms with Gasteiger partial charge in [0, 0.05) is 15.8 Å². The van der Waals surface area contributed by atoms with Gasteiger partial charge in [0.25, 0.3) is 5.91 Å². The summed E-state index contributed by atoms with van der Waals surface area (Å²) in [5.74, 6) is 0.234. The lowest BCUT2D eigenvalue weighted by Crippen LogP contribution is -2.40. The zero-order valence-corrected chi connectivity index (χ0v) is 13.7. The van der Waals surface area contributed by atoms with Crippen molar-refractivity contribution in [2.24, 2.45) is 0 Å². The second-order valence-electron chi connectivity index (χ2n) is 5.04. The van der Waals surface area contributed by atoms with E-state index in [1.54, 1.807) is 11.3 Å². The molecule has 21 heavy (non-hydrogen) atoms. The van der Waals surface area contributed by atoms with Gasteiger partial charge < -0.3 is 5.32 Å². The van der Waals surface area contributed by atoms with Crippen molar-refractivity contribution in [2.45, 2.75) is 18.9 Å². The van der Waals surface area contributed by atoms with Gasteiger partial charge in [-0.25, -0.2) is 8.42 Å². The lowest BCUT2D eigenvalue weighted by molar-refractivity contribution is 0.0938. The summed E-state index contributed by atoms with van der Waals surface area (Å²) in [6, 6.07) is 7.77. The van der Waals surface area contributed by atoms with Gasteiger partial charge in [-0.15, -0.1) is 22.7 Å². The highest BCUT2D eigenvalue weighted by Gasteiger charge is 2.25. The molecule has 112 valence electrons. The first-order valence-electron chi connectivity index (χ1n) is 6.68. The molecule has 0 radical (unpaired) electrons. The summed E-state index contributed by atoms with van der Waals surface area (Å²) in [5.41, 5.74) is 0. The summed E-state index contributed by atoms with van der Waals surface area (Å²) >= 11 is 3.12. The quantitative estimate of drug-likeness (QED) is 0.934. The van der Waals surface area contributed by atoms with E-state index in [1.807, 2.05) is 29.6 Å². The Morgan fingerprint density at radius 2 is 1.90 bits per heavy atom. The van der Waals surface area contributed by atoms with E-state index in [9.17, 15) is 13.2 Å². The van der Waals surface area contributed by atoms with Gasteiger partial charge in [0.2, 0.25) is 0 Å². The van der Waals surface area contributed by atoms with Crippen LogP contribution in [0.3, 0.4) is 0 Å². The van der Waals surface area contributed by atoms with Crippen molar-refractivity contribution in [3.8, 4) is 9.75 Å². The zero-order chi connectivity index (χ0) is 14.9. The van der Waals surface area contributed by atoms with Gasteiger partial charge in [0.1, 0.15) is 9.84 Å². The summed E-state index contributed by atoms with van der Waals surface area (Å²) in [6.07, 6.45) is 1.02. The Morgan fingerprint density at radius 3 is 2.57 bits per heavy atom. The minimum Gasteiger partial charge on any atom is -0.349 e. The van der Waals surface area contributed by atoms with Crippen molar-refractivity contribution in [2.75, 3.05) is 11.5 Å². The molecule has 3 rings (SSSR count). The first-order chi connectivity index (χ1) is 10.0. The number of thiophene rings is 2. The van der Waals surface area contributed by atoms with E-state index in [1.165, 1.54) is 11.3 Å². The lowest BCUT2D eigenvalue weighted by atomic mass is 10.1. The normalized spacial score (nSPS) is 18.5. The van der Waals surface area contributed by atoms with Crippen LogP contribution >= 0.6 is 22.7 Å². The third-order valence-corrected chi connectivity index (χ3v) is 7.35. The predicted octanol–water partition coefficient (Wildman–Crippen LogP) is 2.78. The van der Waals surface area contributed by atoms with Crippen LogP contribution in [0.15, 0.2) is 29.6 Å². The number of carbonyl (C=O) groups excluding carboxylic acids is 1. The average molecular weight is 341 g/mol. The van der Waals surface area contributed by atoms with E-state index in [0.717, 1.165) is 9.75 Å². The molecule has 1 saturated heterocycles. The molecule has 7 heteroatoms. The van der Waals surface area contributed by atoms with E-state index in [4.69, 9.17) is 0 Å². The molecule has 1 aliphatic heterocycles. The molecule has 2 aromatic rings. The van der Waals surface area contributed by atoms with Crippen LogP contribution in [0.1, 0.15) is 22.5 Å². The van der Waals surface area contributed by atoms with Crippen molar-refractivity contribution in [3.63, 3.8) is 0 Å². The number of carbonyl (C=O) groups is 1. The maximum atomic E-state index is 12.2. The first kappa shape index (κ1) is 14.7. The van der Waals surface area contributed by atoms with Crippen molar-refractivity contribution >= 4 is 38.4 Å².